The zero-order chi connectivity index (χ0) is 13.4. The van der Waals surface area contributed by atoms with Gasteiger partial charge < -0.3 is 14.6 Å². The molecule has 2 aliphatic rings. The first kappa shape index (κ1) is 14.0. The first-order valence-corrected chi connectivity index (χ1v) is 6.99. The predicted octanol–water partition coefficient (Wildman–Crippen LogP) is 2.82. The number of epoxide rings is 2. The van der Waals surface area contributed by atoms with E-state index in [4.69, 9.17) is 14.6 Å². The van der Waals surface area contributed by atoms with Gasteiger partial charge in [-0.15, -0.1) is 0 Å². The van der Waals surface area contributed by atoms with Gasteiger partial charge in [0.2, 0.25) is 0 Å². The molecule has 0 aromatic carbocycles. The van der Waals surface area contributed by atoms with Crippen molar-refractivity contribution in [2.45, 2.75) is 76.8 Å². The number of hydrogen-bond acceptors (Lipinski definition) is 3. The number of aliphatic hydroxyl groups excluding tert-OH is 1. The van der Waals surface area contributed by atoms with Crippen LogP contribution in [0.4, 0.5) is 0 Å². The summed E-state index contributed by atoms with van der Waals surface area (Å²) in [4.78, 5) is 0. The fourth-order valence-corrected chi connectivity index (χ4v) is 2.65. The van der Waals surface area contributed by atoms with E-state index in [9.17, 15) is 0 Å². The average molecular weight is 254 g/mol. The van der Waals surface area contributed by atoms with Crippen LogP contribution in [0.3, 0.4) is 0 Å². The average Bonchev–Trinajstić information content (AvgIpc) is 3.11. The monoisotopic (exact) mass is 254 g/mol. The van der Waals surface area contributed by atoms with Crippen LogP contribution in [0.15, 0.2) is 11.6 Å². The van der Waals surface area contributed by atoms with Crippen molar-refractivity contribution in [1.29, 1.82) is 0 Å². The summed E-state index contributed by atoms with van der Waals surface area (Å²) in [6, 6.07) is 0. The van der Waals surface area contributed by atoms with Gasteiger partial charge in [0.05, 0.1) is 30.0 Å². The molecule has 2 rings (SSSR count). The lowest BCUT2D eigenvalue weighted by atomic mass is 9.94. The molecular weight excluding hydrogens is 228 g/mol. The minimum Gasteiger partial charge on any atom is -0.392 e. The molecule has 0 radical (unpaired) electrons. The molecule has 2 aliphatic heterocycles. The molecule has 0 aromatic rings. The van der Waals surface area contributed by atoms with E-state index in [2.05, 4.69) is 27.7 Å². The van der Waals surface area contributed by atoms with Crippen molar-refractivity contribution < 1.29 is 14.6 Å². The van der Waals surface area contributed by atoms with Gasteiger partial charge in [-0.1, -0.05) is 11.6 Å². The van der Waals surface area contributed by atoms with Gasteiger partial charge in [-0.3, -0.25) is 0 Å². The third-order valence-electron chi connectivity index (χ3n) is 4.34. The molecule has 3 unspecified atom stereocenters. The van der Waals surface area contributed by atoms with Crippen molar-refractivity contribution in [3.63, 3.8) is 0 Å². The molecule has 0 spiro atoms. The van der Waals surface area contributed by atoms with Gasteiger partial charge in [-0.05, 0) is 53.4 Å². The molecule has 2 fully saturated rings. The molecule has 0 aromatic heterocycles. The first-order valence-electron chi connectivity index (χ1n) is 6.99. The summed E-state index contributed by atoms with van der Waals surface area (Å²) >= 11 is 0. The lowest BCUT2D eigenvalue weighted by Crippen LogP contribution is -2.13. The Morgan fingerprint density at radius 2 is 1.83 bits per heavy atom. The van der Waals surface area contributed by atoms with Crippen LogP contribution < -0.4 is 0 Å². The van der Waals surface area contributed by atoms with Crippen molar-refractivity contribution in [3.05, 3.63) is 11.6 Å². The predicted molar refractivity (Wildman–Crippen MR) is 71.5 cm³/mol. The Balaban J connectivity index is 1.64. The quantitative estimate of drug-likeness (QED) is 0.561. The zero-order valence-electron chi connectivity index (χ0n) is 12.0. The van der Waals surface area contributed by atoms with E-state index >= 15 is 0 Å². The second kappa shape index (κ2) is 4.95. The van der Waals surface area contributed by atoms with Gasteiger partial charge in [0.25, 0.3) is 0 Å². The van der Waals surface area contributed by atoms with E-state index in [0.717, 1.165) is 25.7 Å². The van der Waals surface area contributed by atoms with Crippen molar-refractivity contribution in [2.24, 2.45) is 0 Å². The Bertz CT molecular complexity index is 335. The summed E-state index contributed by atoms with van der Waals surface area (Å²) in [7, 11) is 0. The van der Waals surface area contributed by atoms with Crippen molar-refractivity contribution in [2.75, 3.05) is 6.61 Å². The van der Waals surface area contributed by atoms with Gasteiger partial charge in [-0.2, -0.15) is 0 Å². The normalized spacial score (nSPS) is 37.7. The van der Waals surface area contributed by atoms with Crippen molar-refractivity contribution >= 4 is 0 Å². The van der Waals surface area contributed by atoms with Crippen LogP contribution in [0.1, 0.15) is 53.4 Å². The van der Waals surface area contributed by atoms with E-state index in [1.54, 1.807) is 0 Å². The number of rotatable bonds is 7. The molecular formula is C15H26O3. The lowest BCUT2D eigenvalue weighted by molar-refractivity contribution is 0.274. The number of ether oxygens (including phenoxy) is 2. The highest BCUT2D eigenvalue weighted by atomic mass is 16.6. The SMILES string of the molecule is C/C(=C\CO)CCC1OC1(C)CCC1OC1(C)C. The number of allylic oxidation sites excluding steroid dienone is 1. The molecule has 3 heteroatoms. The van der Waals surface area contributed by atoms with Gasteiger partial charge in [-0.25, -0.2) is 0 Å². The summed E-state index contributed by atoms with van der Waals surface area (Å²) in [5.41, 5.74) is 1.42. The summed E-state index contributed by atoms with van der Waals surface area (Å²) in [5, 5.41) is 8.80. The standard InChI is InChI=1S/C15H26O3/c1-11(8-10-16)5-6-13-15(4,18-13)9-7-12-14(2,3)17-12/h8,12-13,16H,5-7,9-10H2,1-4H3/b11-8+. The third kappa shape index (κ3) is 3.34. The second-order valence-corrected chi connectivity index (χ2v) is 6.44. The van der Waals surface area contributed by atoms with Crippen LogP contribution in [0.2, 0.25) is 0 Å². The molecule has 2 heterocycles. The fraction of sp³-hybridized carbons (Fsp3) is 0.867. The van der Waals surface area contributed by atoms with Crippen LogP contribution in [-0.4, -0.2) is 35.1 Å². The summed E-state index contributed by atoms with van der Waals surface area (Å²) in [6.45, 7) is 8.71. The smallest absolute Gasteiger partial charge is 0.0921 e. The summed E-state index contributed by atoms with van der Waals surface area (Å²) in [5.74, 6) is 0. The lowest BCUT2D eigenvalue weighted by Gasteiger charge is -2.05. The van der Waals surface area contributed by atoms with Crippen molar-refractivity contribution in [1.82, 2.24) is 0 Å². The molecule has 0 amide bonds. The maximum atomic E-state index is 8.80. The molecule has 3 atom stereocenters. The Labute approximate surface area is 110 Å². The molecule has 0 bridgehead atoms. The molecule has 0 aliphatic carbocycles. The van der Waals surface area contributed by atoms with Crippen LogP contribution in [0.25, 0.3) is 0 Å². The Kier molecular flexibility index (Phi) is 3.86. The maximum Gasteiger partial charge on any atom is 0.0921 e. The number of aliphatic hydroxyl groups is 1. The first-order chi connectivity index (χ1) is 8.37. The van der Waals surface area contributed by atoms with E-state index < -0.39 is 0 Å². The highest BCUT2D eigenvalue weighted by Gasteiger charge is 2.54. The minimum absolute atomic E-state index is 0.0710. The Hall–Kier alpha value is -0.380. The third-order valence-corrected chi connectivity index (χ3v) is 4.34. The minimum atomic E-state index is 0.0710. The number of hydrogen-bond donors (Lipinski definition) is 1. The van der Waals surface area contributed by atoms with Gasteiger partial charge in [0, 0.05) is 0 Å². The molecule has 0 saturated carbocycles. The Morgan fingerprint density at radius 3 is 2.39 bits per heavy atom. The van der Waals surface area contributed by atoms with E-state index in [-0.39, 0.29) is 17.8 Å². The molecule has 104 valence electrons. The fourth-order valence-electron chi connectivity index (χ4n) is 2.65. The Morgan fingerprint density at radius 1 is 1.17 bits per heavy atom. The maximum absolute atomic E-state index is 8.80. The molecule has 3 nitrogen and oxygen atoms in total. The van der Waals surface area contributed by atoms with E-state index in [0.29, 0.717) is 12.2 Å². The van der Waals surface area contributed by atoms with Crippen LogP contribution in [0.5, 0.6) is 0 Å². The highest BCUT2D eigenvalue weighted by molar-refractivity contribution is 5.05. The van der Waals surface area contributed by atoms with Gasteiger partial charge in [0.1, 0.15) is 0 Å². The van der Waals surface area contributed by atoms with Crippen LogP contribution in [0, 0.1) is 0 Å². The highest BCUT2D eigenvalue weighted by Crippen LogP contribution is 2.47. The van der Waals surface area contributed by atoms with Gasteiger partial charge >= 0.3 is 0 Å². The summed E-state index contributed by atoms with van der Waals surface area (Å²) in [6.07, 6.45) is 6.97. The summed E-state index contributed by atoms with van der Waals surface area (Å²) < 4.78 is 11.4. The second-order valence-electron chi connectivity index (χ2n) is 6.44. The van der Waals surface area contributed by atoms with Crippen LogP contribution in [-0.2, 0) is 9.47 Å². The molecule has 2 saturated heterocycles. The van der Waals surface area contributed by atoms with Crippen LogP contribution >= 0.6 is 0 Å². The largest absolute Gasteiger partial charge is 0.392 e. The van der Waals surface area contributed by atoms with Gasteiger partial charge in [0.15, 0.2) is 0 Å². The van der Waals surface area contributed by atoms with E-state index in [1.165, 1.54) is 5.57 Å². The van der Waals surface area contributed by atoms with E-state index in [1.807, 2.05) is 6.08 Å². The zero-order valence-corrected chi connectivity index (χ0v) is 12.0. The molecule has 18 heavy (non-hydrogen) atoms. The topological polar surface area (TPSA) is 45.3 Å². The van der Waals surface area contributed by atoms with Crippen molar-refractivity contribution in [3.8, 4) is 0 Å². The molecule has 1 N–H and O–H groups in total.